The van der Waals surface area contributed by atoms with Crippen molar-refractivity contribution in [2.24, 2.45) is 0 Å². The van der Waals surface area contributed by atoms with Crippen molar-refractivity contribution in [1.29, 1.82) is 0 Å². The van der Waals surface area contributed by atoms with Crippen LogP contribution in [0, 0.1) is 0 Å². The fourth-order valence-corrected chi connectivity index (χ4v) is 3.85. The largest absolute Gasteiger partial charge is 1.00 e. The van der Waals surface area contributed by atoms with Crippen molar-refractivity contribution in [3.8, 4) is 0 Å². The van der Waals surface area contributed by atoms with Crippen molar-refractivity contribution in [3.05, 3.63) is 47.2 Å². The molecule has 2 aliphatic rings. The average molecular weight is 405 g/mol. The molecule has 0 aromatic heterocycles. The minimum atomic E-state index is 0. The lowest BCUT2D eigenvalue weighted by Crippen LogP contribution is -3.00. The first-order chi connectivity index (χ1) is 11.5. The van der Waals surface area contributed by atoms with Gasteiger partial charge in [-0.3, -0.25) is 0 Å². The predicted molar refractivity (Wildman–Crippen MR) is 103 cm³/mol. The number of hydrogen-bond acceptors (Lipinski definition) is 1. The third-order valence-corrected chi connectivity index (χ3v) is 5.60. The molecule has 0 N–H and O–H groups in total. The molecule has 0 aliphatic carbocycles. The summed E-state index contributed by atoms with van der Waals surface area (Å²) in [6, 6.07) is 9.16. The van der Waals surface area contributed by atoms with Crippen molar-refractivity contribution >= 4 is 6.21 Å². The van der Waals surface area contributed by atoms with Crippen LogP contribution in [-0.4, -0.2) is 34.3 Å². The van der Waals surface area contributed by atoms with Crippen LogP contribution < -0.4 is 17.0 Å². The molecule has 0 unspecified atom stereocenters. The number of allylic oxidation sites excluding steroid dienone is 1. The van der Waals surface area contributed by atoms with E-state index in [1.807, 2.05) is 0 Å². The van der Waals surface area contributed by atoms with Gasteiger partial charge in [0, 0.05) is 44.3 Å². The van der Waals surface area contributed by atoms with Gasteiger partial charge in [0.25, 0.3) is 0 Å². The van der Waals surface area contributed by atoms with E-state index < -0.39 is 0 Å². The van der Waals surface area contributed by atoms with Gasteiger partial charge < -0.3 is 21.9 Å². The fourth-order valence-electron chi connectivity index (χ4n) is 3.85. The van der Waals surface area contributed by atoms with Crippen molar-refractivity contribution in [2.45, 2.75) is 71.4 Å². The molecule has 138 valence electrons. The lowest BCUT2D eigenvalue weighted by Gasteiger charge is -2.36. The van der Waals surface area contributed by atoms with Gasteiger partial charge in [0.2, 0.25) is 0 Å². The lowest BCUT2D eigenvalue weighted by molar-refractivity contribution is -0.612. The van der Waals surface area contributed by atoms with Gasteiger partial charge in [-0.1, -0.05) is 38.1 Å². The molecule has 1 aromatic carbocycles. The molecule has 0 amide bonds. The molecule has 0 saturated carbocycles. The molecule has 1 saturated heterocycles. The third kappa shape index (κ3) is 4.97. The van der Waals surface area contributed by atoms with Crippen LogP contribution in [0.25, 0.3) is 0 Å². The number of nitrogens with zero attached hydrogens (tertiary/aromatic N) is 2. The second-order valence-corrected chi connectivity index (χ2v) is 8.37. The molecule has 0 radical (unpaired) electrons. The van der Waals surface area contributed by atoms with Crippen LogP contribution in [-0.2, 0) is 6.54 Å². The van der Waals surface area contributed by atoms with E-state index in [-0.39, 0.29) is 22.5 Å². The molecule has 0 spiro atoms. The van der Waals surface area contributed by atoms with Crippen LogP contribution in [0.15, 0.2) is 36.0 Å². The van der Waals surface area contributed by atoms with Gasteiger partial charge in [-0.15, -0.1) is 0 Å². The predicted octanol–water partition coefficient (Wildman–Crippen LogP) is 1.95. The molecule has 25 heavy (non-hydrogen) atoms. The highest BCUT2D eigenvalue weighted by molar-refractivity contribution is 5.68. The summed E-state index contributed by atoms with van der Waals surface area (Å²) in [7, 11) is 0. The third-order valence-electron chi connectivity index (χ3n) is 5.60. The van der Waals surface area contributed by atoms with Crippen molar-refractivity contribution in [3.63, 3.8) is 0 Å². The number of piperidine rings is 1. The zero-order chi connectivity index (χ0) is 17.2. The smallest absolute Gasteiger partial charge is 0.168 e. The van der Waals surface area contributed by atoms with E-state index in [4.69, 9.17) is 0 Å². The first-order valence-electron chi connectivity index (χ1n) is 9.60. The molecule has 3 rings (SSSR count). The van der Waals surface area contributed by atoms with Crippen LogP contribution in [0.3, 0.4) is 0 Å². The second kappa shape index (κ2) is 8.53. The number of benzene rings is 1. The van der Waals surface area contributed by atoms with E-state index in [9.17, 15) is 0 Å². The summed E-state index contributed by atoms with van der Waals surface area (Å²) in [6.07, 6.45) is 9.93. The number of rotatable bonds is 4. The summed E-state index contributed by atoms with van der Waals surface area (Å²) < 4.78 is 2.50. The lowest BCUT2D eigenvalue weighted by atomic mass is 9.92. The summed E-state index contributed by atoms with van der Waals surface area (Å²) in [5.41, 5.74) is 4.54. The zero-order valence-corrected chi connectivity index (χ0v) is 17.8. The molecule has 0 atom stereocenters. The van der Waals surface area contributed by atoms with E-state index in [0.717, 1.165) is 13.0 Å². The van der Waals surface area contributed by atoms with E-state index in [0.29, 0.717) is 5.92 Å². The molecule has 0 bridgehead atoms. The number of likely N-dealkylation sites (tertiary alicyclic amines) is 1. The molecular formula is C22H33BrN2. The molecule has 2 aliphatic heterocycles. The average Bonchev–Trinajstić information content (AvgIpc) is 2.57. The van der Waals surface area contributed by atoms with E-state index >= 15 is 0 Å². The van der Waals surface area contributed by atoms with Crippen molar-refractivity contribution in [1.82, 2.24) is 4.90 Å². The standard InChI is InChI=1S/C22H33N2.BrH/c1-18(2)20-10-8-19(9-11-20)17-24-15-12-21(16-22(24,3)4)23-13-6-5-7-14-23;/h8-12,15,18H,5-7,13-14,16-17H2,1-4H3;1H/q+1;/p-1. The maximum absolute atomic E-state index is 2.61. The maximum atomic E-state index is 2.61. The molecule has 3 heteroatoms. The molecular weight excluding hydrogens is 372 g/mol. The minimum Gasteiger partial charge on any atom is -1.00 e. The van der Waals surface area contributed by atoms with Crippen LogP contribution in [0.4, 0.5) is 0 Å². The van der Waals surface area contributed by atoms with E-state index in [2.05, 4.69) is 73.7 Å². The SMILES string of the molecule is CC(C)c1ccc(C[N+]2=CC=C(N3CCCCC3)CC2(C)C)cc1.[Br-]. The normalized spacial score (nSPS) is 20.0. The Morgan fingerprint density at radius 1 is 1.04 bits per heavy atom. The minimum absolute atomic E-state index is 0. The molecule has 1 aromatic rings. The summed E-state index contributed by atoms with van der Waals surface area (Å²) in [4.78, 5) is 2.61. The van der Waals surface area contributed by atoms with Crippen molar-refractivity contribution in [2.75, 3.05) is 13.1 Å². The molecule has 2 nitrogen and oxygen atoms in total. The Labute approximate surface area is 164 Å². The van der Waals surface area contributed by atoms with Gasteiger partial charge in [0.1, 0.15) is 0 Å². The quantitative estimate of drug-likeness (QED) is 0.695. The Kier molecular flexibility index (Phi) is 6.90. The Morgan fingerprint density at radius 2 is 1.68 bits per heavy atom. The van der Waals surface area contributed by atoms with Gasteiger partial charge in [-0.25, -0.2) is 4.58 Å². The van der Waals surface area contributed by atoms with Crippen LogP contribution in [0.1, 0.15) is 70.4 Å². The maximum Gasteiger partial charge on any atom is 0.168 e. The Bertz CT molecular complexity index is 620. The Morgan fingerprint density at radius 3 is 2.24 bits per heavy atom. The highest BCUT2D eigenvalue weighted by Gasteiger charge is 2.35. The zero-order valence-electron chi connectivity index (χ0n) is 16.3. The second-order valence-electron chi connectivity index (χ2n) is 8.37. The van der Waals surface area contributed by atoms with Crippen LogP contribution >= 0.6 is 0 Å². The first kappa shape index (κ1) is 20.2. The Balaban J connectivity index is 0.00000225. The van der Waals surface area contributed by atoms with Gasteiger partial charge in [-0.2, -0.15) is 0 Å². The van der Waals surface area contributed by atoms with Crippen LogP contribution in [0.2, 0.25) is 0 Å². The number of hydrogen-bond donors (Lipinski definition) is 0. The van der Waals surface area contributed by atoms with E-state index in [1.54, 1.807) is 0 Å². The van der Waals surface area contributed by atoms with Gasteiger partial charge in [0.15, 0.2) is 18.3 Å². The fraction of sp³-hybridized carbons (Fsp3) is 0.591. The summed E-state index contributed by atoms with van der Waals surface area (Å²) in [5.74, 6) is 0.604. The molecule has 2 heterocycles. The van der Waals surface area contributed by atoms with Crippen LogP contribution in [0.5, 0.6) is 0 Å². The summed E-state index contributed by atoms with van der Waals surface area (Å²) in [5, 5.41) is 0. The monoisotopic (exact) mass is 404 g/mol. The molecule has 1 fully saturated rings. The highest BCUT2D eigenvalue weighted by Crippen LogP contribution is 2.28. The van der Waals surface area contributed by atoms with Gasteiger partial charge in [0.05, 0.1) is 6.42 Å². The van der Waals surface area contributed by atoms with Crippen molar-refractivity contribution < 1.29 is 21.6 Å². The highest BCUT2D eigenvalue weighted by atomic mass is 79.9. The van der Waals surface area contributed by atoms with E-state index in [1.165, 1.54) is 49.2 Å². The van der Waals surface area contributed by atoms with Gasteiger partial charge in [-0.05, 0) is 30.7 Å². The topological polar surface area (TPSA) is 6.25 Å². The Hall–Kier alpha value is -1.09. The first-order valence-corrected chi connectivity index (χ1v) is 9.60. The summed E-state index contributed by atoms with van der Waals surface area (Å²) in [6.45, 7) is 12.7. The van der Waals surface area contributed by atoms with Gasteiger partial charge >= 0.3 is 0 Å². The number of halogens is 1. The summed E-state index contributed by atoms with van der Waals surface area (Å²) >= 11 is 0.